The third-order valence-electron chi connectivity index (χ3n) is 3.05. The zero-order valence-electron chi connectivity index (χ0n) is 14.1. The van der Waals surface area contributed by atoms with E-state index < -0.39 is 6.03 Å². The molecule has 0 bridgehead atoms. The third kappa shape index (κ3) is 6.64. The van der Waals surface area contributed by atoms with Gasteiger partial charge in [0, 0.05) is 24.0 Å². The summed E-state index contributed by atoms with van der Waals surface area (Å²) in [5.74, 6) is 0.705. The number of ether oxygens (including phenoxy) is 1. The van der Waals surface area contributed by atoms with E-state index in [1.165, 1.54) is 0 Å². The molecular weight excluding hydrogens is 381 g/mol. The average molecular weight is 400 g/mol. The van der Waals surface area contributed by atoms with Gasteiger partial charge in [-0.25, -0.2) is 9.78 Å². The van der Waals surface area contributed by atoms with Crippen molar-refractivity contribution in [2.24, 2.45) is 0 Å². The summed E-state index contributed by atoms with van der Waals surface area (Å²) in [4.78, 5) is 20.5. The second-order valence-electron chi connectivity index (χ2n) is 5.19. The normalized spacial score (nSPS) is 10.5. The molecule has 4 N–H and O–H groups in total. The second kappa shape index (κ2) is 10.1. The molecular formula is C16H19Cl2N5O3. The molecule has 2 aromatic rings. The van der Waals surface area contributed by atoms with Gasteiger partial charge in [-0.15, -0.1) is 0 Å². The lowest BCUT2D eigenvalue weighted by molar-refractivity contribution is 0.0992. The van der Waals surface area contributed by atoms with Crippen molar-refractivity contribution in [1.82, 2.24) is 9.97 Å². The third-order valence-corrected chi connectivity index (χ3v) is 3.78. The summed E-state index contributed by atoms with van der Waals surface area (Å²) in [5.41, 5.74) is 1.17. The van der Waals surface area contributed by atoms with Gasteiger partial charge in [-0.2, -0.15) is 4.98 Å². The van der Waals surface area contributed by atoms with Gasteiger partial charge in [0.05, 0.1) is 29.9 Å². The Morgan fingerprint density at radius 1 is 1.15 bits per heavy atom. The van der Waals surface area contributed by atoms with Crippen molar-refractivity contribution in [3.63, 3.8) is 0 Å². The van der Waals surface area contributed by atoms with E-state index in [4.69, 9.17) is 33.0 Å². The first kappa shape index (κ1) is 20.2. The summed E-state index contributed by atoms with van der Waals surface area (Å²) in [7, 11) is 0. The van der Waals surface area contributed by atoms with E-state index in [9.17, 15) is 4.79 Å². The molecule has 0 fully saturated rings. The van der Waals surface area contributed by atoms with E-state index in [1.54, 1.807) is 31.2 Å². The molecule has 10 heteroatoms. The van der Waals surface area contributed by atoms with E-state index in [2.05, 4.69) is 25.9 Å². The number of hydrogen-bond acceptors (Lipinski definition) is 6. The summed E-state index contributed by atoms with van der Waals surface area (Å²) in [6, 6.07) is 5.99. The van der Waals surface area contributed by atoms with Gasteiger partial charge in [0.1, 0.15) is 5.82 Å². The monoisotopic (exact) mass is 399 g/mol. The predicted octanol–water partition coefficient (Wildman–Crippen LogP) is 3.16. The van der Waals surface area contributed by atoms with E-state index in [0.717, 1.165) is 0 Å². The SMILES string of the molecule is Cc1cc(NCCOCCO)nc(NC(=O)Nc2ccc(Cl)c(Cl)c2)n1. The van der Waals surface area contributed by atoms with Crippen molar-refractivity contribution >= 4 is 46.7 Å². The van der Waals surface area contributed by atoms with Crippen LogP contribution in [0.1, 0.15) is 5.69 Å². The van der Waals surface area contributed by atoms with Gasteiger partial charge < -0.3 is 20.5 Å². The number of carbonyl (C=O) groups excluding carboxylic acids is 1. The molecule has 1 aromatic heterocycles. The standard InChI is InChI=1S/C16H19Cl2N5O3/c1-10-8-14(19-4-6-26-7-5-24)22-15(20-10)23-16(25)21-11-2-3-12(17)13(18)9-11/h2-3,8-9,24H,4-7H2,1H3,(H3,19,20,21,22,23,25). The van der Waals surface area contributed by atoms with Crippen LogP contribution >= 0.6 is 23.2 Å². The van der Waals surface area contributed by atoms with E-state index in [1.807, 2.05) is 0 Å². The molecule has 8 nitrogen and oxygen atoms in total. The molecule has 0 spiro atoms. The van der Waals surface area contributed by atoms with Gasteiger partial charge in [0.15, 0.2) is 0 Å². The summed E-state index contributed by atoms with van der Waals surface area (Å²) < 4.78 is 5.16. The molecule has 0 atom stereocenters. The number of nitrogens with zero attached hydrogens (tertiary/aromatic N) is 2. The van der Waals surface area contributed by atoms with Gasteiger partial charge in [0.2, 0.25) is 5.95 Å². The lowest BCUT2D eigenvalue weighted by Gasteiger charge is -2.10. The number of anilines is 3. The largest absolute Gasteiger partial charge is 0.394 e. The number of hydrogen-bond donors (Lipinski definition) is 4. The Hall–Kier alpha value is -2.13. The number of benzene rings is 1. The first-order valence-electron chi connectivity index (χ1n) is 7.79. The van der Waals surface area contributed by atoms with Gasteiger partial charge in [-0.3, -0.25) is 5.32 Å². The highest BCUT2D eigenvalue weighted by atomic mass is 35.5. The Morgan fingerprint density at radius 3 is 2.69 bits per heavy atom. The van der Waals surface area contributed by atoms with Crippen LogP contribution in [0.25, 0.3) is 0 Å². The van der Waals surface area contributed by atoms with Crippen LogP contribution < -0.4 is 16.0 Å². The number of carbonyl (C=O) groups is 1. The number of urea groups is 1. The maximum absolute atomic E-state index is 12.1. The number of halogens is 2. The van der Waals surface area contributed by atoms with Gasteiger partial charge in [-0.05, 0) is 25.1 Å². The molecule has 0 aliphatic carbocycles. The first-order chi connectivity index (χ1) is 12.5. The molecule has 2 rings (SSSR count). The molecule has 0 saturated carbocycles. The summed E-state index contributed by atoms with van der Waals surface area (Å²) in [6.07, 6.45) is 0. The minimum absolute atomic E-state index is 0.0192. The Balaban J connectivity index is 1.93. The fraction of sp³-hybridized carbons (Fsp3) is 0.312. The number of nitrogens with one attached hydrogen (secondary N) is 3. The maximum Gasteiger partial charge on any atom is 0.326 e. The van der Waals surface area contributed by atoms with Crippen LogP contribution in [0.5, 0.6) is 0 Å². The van der Waals surface area contributed by atoms with Gasteiger partial charge in [-0.1, -0.05) is 23.2 Å². The lowest BCUT2D eigenvalue weighted by atomic mass is 10.3. The Morgan fingerprint density at radius 2 is 1.96 bits per heavy atom. The maximum atomic E-state index is 12.1. The summed E-state index contributed by atoms with van der Waals surface area (Å²) in [5, 5.41) is 17.6. The Labute approximate surface area is 160 Å². The predicted molar refractivity (Wildman–Crippen MR) is 102 cm³/mol. The molecule has 0 unspecified atom stereocenters. The molecule has 0 aliphatic rings. The molecule has 26 heavy (non-hydrogen) atoms. The van der Waals surface area contributed by atoms with E-state index in [0.29, 0.717) is 40.4 Å². The fourth-order valence-corrected chi connectivity index (χ4v) is 2.27. The van der Waals surface area contributed by atoms with Crippen LogP contribution in [0.15, 0.2) is 24.3 Å². The van der Waals surface area contributed by atoms with Gasteiger partial charge in [0.25, 0.3) is 0 Å². The Bertz CT molecular complexity index is 761. The number of rotatable bonds is 8. The first-order valence-corrected chi connectivity index (χ1v) is 8.54. The van der Waals surface area contributed by atoms with Crippen molar-refractivity contribution in [1.29, 1.82) is 0 Å². The van der Waals surface area contributed by atoms with Crippen LogP contribution in [0.2, 0.25) is 10.0 Å². The fourth-order valence-electron chi connectivity index (χ4n) is 1.97. The van der Waals surface area contributed by atoms with Crippen molar-refractivity contribution in [2.75, 3.05) is 42.3 Å². The zero-order chi connectivity index (χ0) is 18.9. The van der Waals surface area contributed by atoms with Crippen LogP contribution in [0, 0.1) is 6.92 Å². The highest BCUT2D eigenvalue weighted by Crippen LogP contribution is 2.25. The van der Waals surface area contributed by atoms with E-state index >= 15 is 0 Å². The smallest absolute Gasteiger partial charge is 0.326 e. The number of aryl methyl sites for hydroxylation is 1. The van der Waals surface area contributed by atoms with Crippen LogP contribution in [-0.4, -0.2) is 47.5 Å². The van der Waals surface area contributed by atoms with Crippen LogP contribution in [-0.2, 0) is 4.74 Å². The number of aromatic nitrogens is 2. The van der Waals surface area contributed by atoms with Crippen LogP contribution in [0.3, 0.4) is 0 Å². The summed E-state index contributed by atoms with van der Waals surface area (Å²) in [6.45, 7) is 2.98. The zero-order valence-corrected chi connectivity index (χ0v) is 15.6. The average Bonchev–Trinajstić information content (AvgIpc) is 2.57. The second-order valence-corrected chi connectivity index (χ2v) is 6.00. The lowest BCUT2D eigenvalue weighted by Crippen LogP contribution is -2.21. The van der Waals surface area contributed by atoms with E-state index in [-0.39, 0.29) is 19.2 Å². The molecule has 0 saturated heterocycles. The minimum Gasteiger partial charge on any atom is -0.394 e. The topological polar surface area (TPSA) is 108 Å². The number of aliphatic hydroxyl groups excluding tert-OH is 1. The molecule has 2 amide bonds. The summed E-state index contributed by atoms with van der Waals surface area (Å²) >= 11 is 11.8. The molecule has 0 aliphatic heterocycles. The van der Waals surface area contributed by atoms with Crippen molar-refractivity contribution in [2.45, 2.75) is 6.92 Å². The van der Waals surface area contributed by atoms with Crippen molar-refractivity contribution in [3.05, 3.63) is 40.0 Å². The number of amides is 2. The quantitative estimate of drug-likeness (QED) is 0.507. The Kier molecular flexibility index (Phi) is 7.86. The number of aliphatic hydroxyl groups is 1. The van der Waals surface area contributed by atoms with Crippen LogP contribution in [0.4, 0.5) is 22.2 Å². The van der Waals surface area contributed by atoms with Crippen molar-refractivity contribution in [3.8, 4) is 0 Å². The van der Waals surface area contributed by atoms with Gasteiger partial charge >= 0.3 is 6.03 Å². The highest BCUT2D eigenvalue weighted by molar-refractivity contribution is 6.42. The minimum atomic E-state index is -0.508. The highest BCUT2D eigenvalue weighted by Gasteiger charge is 2.08. The molecule has 1 aromatic carbocycles. The molecule has 1 heterocycles. The molecule has 140 valence electrons. The van der Waals surface area contributed by atoms with Crippen molar-refractivity contribution < 1.29 is 14.6 Å². The molecule has 0 radical (unpaired) electrons.